The van der Waals surface area contributed by atoms with Crippen LogP contribution in [0.1, 0.15) is 23.5 Å². The Bertz CT molecular complexity index is 771. The third kappa shape index (κ3) is 3.04. The number of hydrogen-bond donors (Lipinski definition) is 2. The molecule has 0 saturated heterocycles. The van der Waals surface area contributed by atoms with E-state index < -0.39 is 5.92 Å². The first-order chi connectivity index (χ1) is 11.1. The van der Waals surface area contributed by atoms with Gasteiger partial charge in [-0.15, -0.1) is 0 Å². The van der Waals surface area contributed by atoms with E-state index >= 15 is 0 Å². The number of aryl methyl sites for hydroxylation is 1. The number of fused-ring (bicyclic) bond motifs is 1. The molecule has 2 N–H and O–H groups in total. The van der Waals surface area contributed by atoms with Gasteiger partial charge in [-0.25, -0.2) is 0 Å². The smallest absolute Gasteiger partial charge is 0.232 e. The molecule has 118 valence electrons. The van der Waals surface area contributed by atoms with Crippen LogP contribution in [0.25, 0.3) is 0 Å². The predicted molar refractivity (Wildman–Crippen MR) is 88.8 cm³/mol. The molecule has 1 unspecified atom stereocenters. The van der Waals surface area contributed by atoms with Gasteiger partial charge in [0.2, 0.25) is 11.8 Å². The lowest BCUT2D eigenvalue weighted by molar-refractivity contribution is -0.122. The molecule has 2 aromatic carbocycles. The lowest BCUT2D eigenvalue weighted by atomic mass is 9.97. The topological polar surface area (TPSA) is 67.4 Å². The molecule has 1 heterocycles. The first kappa shape index (κ1) is 15.1. The van der Waals surface area contributed by atoms with E-state index in [0.717, 1.165) is 16.8 Å². The summed E-state index contributed by atoms with van der Waals surface area (Å²) in [7, 11) is 1.56. The van der Waals surface area contributed by atoms with Gasteiger partial charge in [-0.2, -0.15) is 0 Å². The molecule has 0 fully saturated rings. The van der Waals surface area contributed by atoms with Crippen LogP contribution in [0, 0.1) is 6.92 Å². The summed E-state index contributed by atoms with van der Waals surface area (Å²) in [5, 5.41) is 5.64. The Morgan fingerprint density at radius 2 is 2.04 bits per heavy atom. The van der Waals surface area contributed by atoms with Crippen LogP contribution in [0.3, 0.4) is 0 Å². The molecule has 23 heavy (non-hydrogen) atoms. The van der Waals surface area contributed by atoms with Crippen LogP contribution < -0.4 is 15.4 Å². The number of para-hydroxylation sites is 1. The van der Waals surface area contributed by atoms with Gasteiger partial charge in [0.25, 0.3) is 0 Å². The lowest BCUT2D eigenvalue weighted by Crippen LogP contribution is -2.20. The van der Waals surface area contributed by atoms with Gasteiger partial charge in [-0.3, -0.25) is 9.59 Å². The fourth-order valence-electron chi connectivity index (χ4n) is 2.78. The second-order valence-electron chi connectivity index (χ2n) is 5.59. The average molecular weight is 310 g/mol. The largest absolute Gasteiger partial charge is 0.495 e. The second kappa shape index (κ2) is 6.12. The molecule has 1 aliphatic heterocycles. The number of amides is 2. The van der Waals surface area contributed by atoms with Crippen LogP contribution >= 0.6 is 0 Å². The summed E-state index contributed by atoms with van der Waals surface area (Å²) in [6.45, 7) is 1.94. The van der Waals surface area contributed by atoms with Gasteiger partial charge in [0, 0.05) is 12.1 Å². The van der Waals surface area contributed by atoms with Crippen LogP contribution in [0.5, 0.6) is 5.75 Å². The van der Waals surface area contributed by atoms with Gasteiger partial charge in [0.1, 0.15) is 5.75 Å². The van der Waals surface area contributed by atoms with Gasteiger partial charge in [-0.1, -0.05) is 24.3 Å². The fraction of sp³-hybridized carbons (Fsp3) is 0.222. The van der Waals surface area contributed by atoms with Gasteiger partial charge < -0.3 is 15.4 Å². The van der Waals surface area contributed by atoms with Crippen LogP contribution in [0.15, 0.2) is 42.5 Å². The zero-order valence-corrected chi connectivity index (χ0v) is 13.1. The van der Waals surface area contributed by atoms with Gasteiger partial charge >= 0.3 is 0 Å². The SMILES string of the molecule is COc1ccc(C)cc1NC(=O)CC1C(=O)Nc2ccccc21. The summed E-state index contributed by atoms with van der Waals surface area (Å²) in [6, 6.07) is 13.0. The van der Waals surface area contributed by atoms with E-state index in [-0.39, 0.29) is 18.2 Å². The minimum absolute atomic E-state index is 0.0972. The molecule has 1 aliphatic rings. The summed E-state index contributed by atoms with van der Waals surface area (Å²) < 4.78 is 5.25. The Morgan fingerprint density at radius 1 is 1.26 bits per heavy atom. The van der Waals surface area contributed by atoms with Crippen molar-refractivity contribution in [3.8, 4) is 5.75 Å². The Hall–Kier alpha value is -2.82. The molecule has 1 atom stereocenters. The molecule has 0 bridgehead atoms. The van der Waals surface area contributed by atoms with Crippen molar-refractivity contribution in [1.82, 2.24) is 0 Å². The normalized spacial score (nSPS) is 15.7. The summed E-state index contributed by atoms with van der Waals surface area (Å²) in [4.78, 5) is 24.4. The first-order valence-electron chi connectivity index (χ1n) is 7.43. The molecule has 2 amide bonds. The number of ether oxygens (including phenoxy) is 1. The molecule has 2 aromatic rings. The van der Waals surface area contributed by atoms with Crippen molar-refractivity contribution < 1.29 is 14.3 Å². The first-order valence-corrected chi connectivity index (χ1v) is 7.43. The van der Waals surface area contributed by atoms with Crippen molar-refractivity contribution in [3.63, 3.8) is 0 Å². The van der Waals surface area contributed by atoms with E-state index in [1.54, 1.807) is 7.11 Å². The quantitative estimate of drug-likeness (QED) is 0.912. The highest BCUT2D eigenvalue weighted by Gasteiger charge is 2.32. The molecule has 0 spiro atoms. The fourth-order valence-corrected chi connectivity index (χ4v) is 2.78. The van der Waals surface area contributed by atoms with E-state index in [2.05, 4.69) is 10.6 Å². The van der Waals surface area contributed by atoms with E-state index in [1.807, 2.05) is 49.4 Å². The number of hydrogen-bond acceptors (Lipinski definition) is 3. The molecule has 5 heteroatoms. The Labute approximate surface area is 134 Å². The number of methoxy groups -OCH3 is 1. The molecule has 0 radical (unpaired) electrons. The highest BCUT2D eigenvalue weighted by atomic mass is 16.5. The number of carbonyl (C=O) groups is 2. The number of benzene rings is 2. The number of nitrogens with one attached hydrogen (secondary N) is 2. The zero-order valence-electron chi connectivity index (χ0n) is 13.1. The second-order valence-corrected chi connectivity index (χ2v) is 5.59. The van der Waals surface area contributed by atoms with Crippen LogP contribution in [-0.2, 0) is 9.59 Å². The van der Waals surface area contributed by atoms with Crippen molar-refractivity contribution in [3.05, 3.63) is 53.6 Å². The van der Waals surface area contributed by atoms with Crippen molar-refractivity contribution in [2.24, 2.45) is 0 Å². The molecule has 0 saturated carbocycles. The Kier molecular flexibility index (Phi) is 4.02. The maximum Gasteiger partial charge on any atom is 0.232 e. The third-order valence-electron chi connectivity index (χ3n) is 3.93. The van der Waals surface area contributed by atoms with Gasteiger partial charge in [-0.05, 0) is 36.2 Å². The van der Waals surface area contributed by atoms with Gasteiger partial charge in [0.05, 0.1) is 18.7 Å². The lowest BCUT2D eigenvalue weighted by Gasteiger charge is -2.13. The highest BCUT2D eigenvalue weighted by Crippen LogP contribution is 2.35. The zero-order chi connectivity index (χ0) is 16.4. The summed E-state index contributed by atoms with van der Waals surface area (Å²) in [5.41, 5.74) is 3.28. The van der Waals surface area contributed by atoms with E-state index in [4.69, 9.17) is 4.74 Å². The standard InChI is InChI=1S/C18H18N2O3/c1-11-7-8-16(23-2)15(9-11)19-17(21)10-13-12-5-3-4-6-14(12)20-18(13)22/h3-9,13H,10H2,1-2H3,(H,19,21)(H,20,22). The maximum absolute atomic E-state index is 12.4. The number of rotatable bonds is 4. The van der Waals surface area contributed by atoms with Crippen molar-refractivity contribution in [2.45, 2.75) is 19.3 Å². The number of anilines is 2. The molecule has 5 nitrogen and oxygen atoms in total. The van der Waals surface area contributed by atoms with Crippen LogP contribution in [0.4, 0.5) is 11.4 Å². The van der Waals surface area contributed by atoms with E-state index in [0.29, 0.717) is 11.4 Å². The summed E-state index contributed by atoms with van der Waals surface area (Å²) in [6.07, 6.45) is 0.0972. The number of carbonyl (C=O) groups excluding carboxylic acids is 2. The summed E-state index contributed by atoms with van der Waals surface area (Å²) in [5.74, 6) is -0.217. The summed E-state index contributed by atoms with van der Waals surface area (Å²) >= 11 is 0. The van der Waals surface area contributed by atoms with Crippen molar-refractivity contribution >= 4 is 23.2 Å². The third-order valence-corrected chi connectivity index (χ3v) is 3.93. The molecule has 0 aliphatic carbocycles. The maximum atomic E-state index is 12.4. The van der Waals surface area contributed by atoms with Crippen LogP contribution in [0.2, 0.25) is 0 Å². The average Bonchev–Trinajstić information content (AvgIpc) is 2.83. The monoisotopic (exact) mass is 310 g/mol. The van der Waals surface area contributed by atoms with Crippen molar-refractivity contribution in [2.75, 3.05) is 17.7 Å². The Morgan fingerprint density at radius 3 is 2.83 bits per heavy atom. The molecular formula is C18H18N2O3. The Balaban J connectivity index is 1.76. The molecular weight excluding hydrogens is 292 g/mol. The molecule has 3 rings (SSSR count). The van der Waals surface area contributed by atoms with E-state index in [1.165, 1.54) is 0 Å². The predicted octanol–water partition coefficient (Wildman–Crippen LogP) is 3.07. The van der Waals surface area contributed by atoms with Gasteiger partial charge in [0.15, 0.2) is 0 Å². The minimum Gasteiger partial charge on any atom is -0.495 e. The van der Waals surface area contributed by atoms with E-state index in [9.17, 15) is 9.59 Å². The molecule has 0 aromatic heterocycles. The highest BCUT2D eigenvalue weighted by molar-refractivity contribution is 6.06. The van der Waals surface area contributed by atoms with Crippen LogP contribution in [-0.4, -0.2) is 18.9 Å². The minimum atomic E-state index is -0.456. The van der Waals surface area contributed by atoms with Crippen molar-refractivity contribution in [1.29, 1.82) is 0 Å².